The summed E-state index contributed by atoms with van der Waals surface area (Å²) in [6.07, 6.45) is 5.50. The van der Waals surface area contributed by atoms with Crippen molar-refractivity contribution in [2.75, 3.05) is 18.6 Å². The number of hydrogen-bond donors (Lipinski definition) is 3. The summed E-state index contributed by atoms with van der Waals surface area (Å²) in [5.74, 6) is 0.389. The maximum absolute atomic E-state index is 6.28. The number of H-pyrrole nitrogens is 1. The summed E-state index contributed by atoms with van der Waals surface area (Å²) in [6.45, 7) is 1.06. The van der Waals surface area contributed by atoms with Crippen molar-refractivity contribution in [2.45, 2.75) is 19.6 Å². The molecule has 0 bridgehead atoms. The van der Waals surface area contributed by atoms with E-state index in [9.17, 15) is 0 Å². The predicted octanol–water partition coefficient (Wildman–Crippen LogP) is 3.38. The Morgan fingerprint density at radius 2 is 1.78 bits per heavy atom. The molecular formula is C26H24N10O. The molecular weight excluding hydrogens is 468 g/mol. The first-order valence-corrected chi connectivity index (χ1v) is 11.7. The van der Waals surface area contributed by atoms with Crippen molar-refractivity contribution in [1.82, 2.24) is 39.9 Å². The molecule has 184 valence electrons. The first-order valence-electron chi connectivity index (χ1n) is 11.7. The first kappa shape index (κ1) is 22.6. The standard InChI is InChI=1S/C26H24N10O/c1-37-13-15-3-2-4-16(11-15)23-21-24(28)31-14-32-26(21)36(35-23)10-7-18-12-17(5-8-29-18)22-20-19(27)6-9-30-25(20)34-33-22/h2-6,8-9,11-12,14H,7,10,13H2,1H3,(H2,28,31,32)(H3,27,30,33,34). The van der Waals surface area contributed by atoms with Gasteiger partial charge in [-0.15, -0.1) is 0 Å². The number of anilines is 2. The monoisotopic (exact) mass is 492 g/mol. The molecule has 5 aromatic heterocycles. The van der Waals surface area contributed by atoms with Gasteiger partial charge in [0.2, 0.25) is 0 Å². The topological polar surface area (TPSA) is 159 Å². The first-order chi connectivity index (χ1) is 18.1. The van der Waals surface area contributed by atoms with Crippen molar-refractivity contribution < 1.29 is 4.74 Å². The molecule has 0 amide bonds. The number of nitrogens with one attached hydrogen (secondary N) is 1. The normalized spacial score (nSPS) is 11.5. The van der Waals surface area contributed by atoms with Gasteiger partial charge in [0, 0.05) is 55.0 Å². The van der Waals surface area contributed by atoms with Crippen LogP contribution in [-0.4, -0.2) is 47.0 Å². The molecule has 37 heavy (non-hydrogen) atoms. The van der Waals surface area contributed by atoms with Crippen LogP contribution in [0.4, 0.5) is 11.5 Å². The number of aryl methyl sites for hydroxylation is 2. The van der Waals surface area contributed by atoms with Crippen LogP contribution in [-0.2, 0) is 24.3 Å². The molecule has 11 heteroatoms. The Bertz CT molecular complexity index is 1740. The van der Waals surface area contributed by atoms with Crippen LogP contribution in [0.1, 0.15) is 11.3 Å². The number of aromatic amines is 1. The Balaban J connectivity index is 1.33. The van der Waals surface area contributed by atoms with Crippen LogP contribution in [0.5, 0.6) is 0 Å². The highest BCUT2D eigenvalue weighted by Gasteiger charge is 2.18. The largest absolute Gasteiger partial charge is 0.398 e. The molecule has 0 radical (unpaired) electrons. The Hall–Kier alpha value is -4.90. The molecule has 0 spiro atoms. The number of hydrogen-bond acceptors (Lipinski definition) is 9. The van der Waals surface area contributed by atoms with Crippen molar-refractivity contribution in [2.24, 2.45) is 0 Å². The fourth-order valence-electron chi connectivity index (χ4n) is 4.53. The molecule has 11 nitrogen and oxygen atoms in total. The van der Waals surface area contributed by atoms with E-state index in [4.69, 9.17) is 21.3 Å². The van der Waals surface area contributed by atoms with Gasteiger partial charge in [-0.05, 0) is 29.8 Å². The Kier molecular flexibility index (Phi) is 5.66. The van der Waals surface area contributed by atoms with Crippen LogP contribution >= 0.6 is 0 Å². The third-order valence-electron chi connectivity index (χ3n) is 6.23. The molecule has 0 aliphatic rings. The number of nitrogen functional groups attached to an aromatic ring is 2. The molecule has 0 atom stereocenters. The van der Waals surface area contributed by atoms with Crippen molar-refractivity contribution in [1.29, 1.82) is 0 Å². The number of rotatable bonds is 7. The van der Waals surface area contributed by atoms with Gasteiger partial charge in [0.1, 0.15) is 23.5 Å². The van der Waals surface area contributed by atoms with Gasteiger partial charge in [0.15, 0.2) is 11.3 Å². The maximum atomic E-state index is 6.28. The highest BCUT2D eigenvalue weighted by atomic mass is 16.5. The second-order valence-electron chi connectivity index (χ2n) is 8.64. The summed E-state index contributed by atoms with van der Waals surface area (Å²) < 4.78 is 7.14. The number of aromatic nitrogens is 8. The third kappa shape index (κ3) is 4.10. The molecule has 0 aliphatic heterocycles. The zero-order valence-electron chi connectivity index (χ0n) is 20.1. The van der Waals surface area contributed by atoms with Gasteiger partial charge in [0.05, 0.1) is 17.4 Å². The van der Waals surface area contributed by atoms with Gasteiger partial charge >= 0.3 is 0 Å². The summed E-state index contributed by atoms with van der Waals surface area (Å²) in [4.78, 5) is 17.6. The van der Waals surface area contributed by atoms with E-state index < -0.39 is 0 Å². The van der Waals surface area contributed by atoms with Crippen LogP contribution in [0, 0.1) is 0 Å². The SMILES string of the molecule is COCc1cccc(-c2nn(CCc3cc(-c4n[nH]c5nccc(N)c45)ccn3)c3ncnc(N)c23)c1. The molecule has 1 aromatic carbocycles. The zero-order chi connectivity index (χ0) is 25.4. The Morgan fingerprint density at radius 3 is 2.68 bits per heavy atom. The van der Waals surface area contributed by atoms with E-state index in [2.05, 4.69) is 30.1 Å². The fraction of sp³-hybridized carbons (Fsp3) is 0.154. The average Bonchev–Trinajstić information content (AvgIpc) is 3.52. The smallest absolute Gasteiger partial charge is 0.163 e. The second kappa shape index (κ2) is 9.28. The van der Waals surface area contributed by atoms with Crippen LogP contribution in [0.25, 0.3) is 44.6 Å². The van der Waals surface area contributed by atoms with Crippen LogP contribution in [0.15, 0.2) is 61.2 Å². The number of ether oxygens (including phenoxy) is 1. The van der Waals surface area contributed by atoms with Gasteiger partial charge in [-0.3, -0.25) is 10.1 Å². The minimum absolute atomic E-state index is 0.389. The Morgan fingerprint density at radius 1 is 0.919 bits per heavy atom. The van der Waals surface area contributed by atoms with E-state index in [1.54, 1.807) is 25.6 Å². The summed E-state index contributed by atoms with van der Waals surface area (Å²) in [5, 5.41) is 13.8. The molecule has 0 fully saturated rings. The summed E-state index contributed by atoms with van der Waals surface area (Å²) >= 11 is 0. The number of nitrogens with zero attached hydrogens (tertiary/aromatic N) is 7. The summed E-state index contributed by atoms with van der Waals surface area (Å²) in [7, 11) is 1.67. The molecule has 6 aromatic rings. The van der Waals surface area contributed by atoms with Crippen molar-refractivity contribution in [3.63, 3.8) is 0 Å². The number of methoxy groups -OCH3 is 1. The lowest BCUT2D eigenvalue weighted by atomic mass is 10.1. The van der Waals surface area contributed by atoms with Gasteiger partial charge in [-0.25, -0.2) is 19.6 Å². The zero-order valence-corrected chi connectivity index (χ0v) is 20.1. The Labute approximate surface area is 211 Å². The lowest BCUT2D eigenvalue weighted by Crippen LogP contribution is -2.06. The number of fused-ring (bicyclic) bond motifs is 2. The molecule has 6 rings (SSSR count). The average molecular weight is 493 g/mol. The number of benzene rings is 1. The van der Waals surface area contributed by atoms with Crippen molar-refractivity contribution >= 4 is 33.6 Å². The molecule has 0 saturated heterocycles. The van der Waals surface area contributed by atoms with Crippen LogP contribution in [0.2, 0.25) is 0 Å². The molecule has 5 heterocycles. The predicted molar refractivity (Wildman–Crippen MR) is 141 cm³/mol. The van der Waals surface area contributed by atoms with E-state index in [1.165, 1.54) is 6.33 Å². The van der Waals surface area contributed by atoms with Crippen LogP contribution < -0.4 is 11.5 Å². The molecule has 0 aliphatic carbocycles. The molecule has 0 saturated carbocycles. The van der Waals surface area contributed by atoms with Gasteiger partial charge in [-0.2, -0.15) is 10.2 Å². The summed E-state index contributed by atoms with van der Waals surface area (Å²) in [6, 6.07) is 13.7. The lowest BCUT2D eigenvalue weighted by molar-refractivity contribution is 0.185. The lowest BCUT2D eigenvalue weighted by Gasteiger charge is -2.05. The second-order valence-corrected chi connectivity index (χ2v) is 8.64. The number of pyridine rings is 2. The van der Waals surface area contributed by atoms with Gasteiger partial charge in [-0.1, -0.05) is 18.2 Å². The highest BCUT2D eigenvalue weighted by molar-refractivity contribution is 5.99. The van der Waals surface area contributed by atoms with Crippen molar-refractivity contribution in [3.8, 4) is 22.5 Å². The van der Waals surface area contributed by atoms with E-state index in [0.717, 1.165) is 44.5 Å². The van der Waals surface area contributed by atoms with E-state index in [1.807, 2.05) is 41.1 Å². The van der Waals surface area contributed by atoms with E-state index in [-0.39, 0.29) is 0 Å². The van der Waals surface area contributed by atoms with E-state index in [0.29, 0.717) is 42.4 Å². The molecule has 0 unspecified atom stereocenters. The highest BCUT2D eigenvalue weighted by Crippen LogP contribution is 2.32. The van der Waals surface area contributed by atoms with Crippen LogP contribution in [0.3, 0.4) is 0 Å². The minimum Gasteiger partial charge on any atom is -0.398 e. The van der Waals surface area contributed by atoms with Crippen molar-refractivity contribution in [3.05, 3.63) is 72.4 Å². The minimum atomic E-state index is 0.389. The maximum Gasteiger partial charge on any atom is 0.163 e. The molecule has 5 N–H and O–H groups in total. The fourth-order valence-corrected chi connectivity index (χ4v) is 4.53. The number of nitrogens with two attached hydrogens (primary N) is 2. The van der Waals surface area contributed by atoms with Gasteiger partial charge < -0.3 is 16.2 Å². The third-order valence-corrected chi connectivity index (χ3v) is 6.23. The quantitative estimate of drug-likeness (QED) is 0.303. The summed E-state index contributed by atoms with van der Waals surface area (Å²) in [5.41, 5.74) is 19.6. The van der Waals surface area contributed by atoms with E-state index >= 15 is 0 Å². The van der Waals surface area contributed by atoms with Gasteiger partial charge in [0.25, 0.3) is 0 Å².